The van der Waals surface area contributed by atoms with Crippen molar-refractivity contribution in [1.29, 1.82) is 0 Å². The number of oxime groups is 1. The van der Waals surface area contributed by atoms with Crippen molar-refractivity contribution in [3.05, 3.63) is 35.6 Å². The third-order valence-electron chi connectivity index (χ3n) is 3.32. The lowest BCUT2D eigenvalue weighted by atomic mass is 10.0. The normalized spacial score (nSPS) is 17.3. The largest absolute Gasteiger partial charge is 0.390 e. The van der Waals surface area contributed by atoms with Crippen molar-refractivity contribution in [3.63, 3.8) is 0 Å². The summed E-state index contributed by atoms with van der Waals surface area (Å²) in [4.78, 5) is 18.8. The summed E-state index contributed by atoms with van der Waals surface area (Å²) in [5, 5.41) is 4.00. The number of ether oxygens (including phenoxy) is 1. The average Bonchev–Trinajstić information content (AvgIpc) is 2.93. The highest BCUT2D eigenvalue weighted by Crippen LogP contribution is 2.18. The number of benzene rings is 1. The molecule has 5 nitrogen and oxygen atoms in total. The van der Waals surface area contributed by atoms with Gasteiger partial charge in [-0.2, -0.15) is 0 Å². The van der Waals surface area contributed by atoms with Crippen LogP contribution in [0.1, 0.15) is 18.9 Å². The van der Waals surface area contributed by atoms with E-state index in [1.807, 2.05) is 6.92 Å². The van der Waals surface area contributed by atoms with Crippen molar-refractivity contribution in [2.45, 2.75) is 19.4 Å². The minimum absolute atomic E-state index is 0.0537. The summed E-state index contributed by atoms with van der Waals surface area (Å²) in [7, 11) is 1.49. The van der Waals surface area contributed by atoms with E-state index in [1.54, 1.807) is 17.0 Å². The van der Waals surface area contributed by atoms with E-state index in [0.29, 0.717) is 30.8 Å². The van der Waals surface area contributed by atoms with Crippen molar-refractivity contribution in [2.75, 3.05) is 26.8 Å². The first-order valence-electron chi connectivity index (χ1n) is 6.89. The zero-order chi connectivity index (χ0) is 15.2. The van der Waals surface area contributed by atoms with Crippen LogP contribution in [-0.2, 0) is 14.4 Å². The summed E-state index contributed by atoms with van der Waals surface area (Å²) in [6, 6.07) is 6.25. The first-order chi connectivity index (χ1) is 10.1. The Labute approximate surface area is 123 Å². The molecule has 0 saturated heterocycles. The maximum Gasteiger partial charge on any atom is 0.248 e. The van der Waals surface area contributed by atoms with Gasteiger partial charge in [0.05, 0.1) is 12.3 Å². The lowest BCUT2D eigenvalue weighted by molar-refractivity contribution is -0.136. The Bertz CT molecular complexity index is 533. The van der Waals surface area contributed by atoms with E-state index in [9.17, 15) is 9.18 Å². The van der Waals surface area contributed by atoms with E-state index in [2.05, 4.69) is 5.16 Å². The molecular weight excluding hydrogens is 275 g/mol. The van der Waals surface area contributed by atoms with Gasteiger partial charge in [0, 0.05) is 25.6 Å². The Morgan fingerprint density at radius 2 is 2.38 bits per heavy atom. The SMILES string of the molecule is CCN(C[C@@H]1CC(c2cccc(F)c2)=NO1)C(=O)COC. The predicted molar refractivity (Wildman–Crippen MR) is 76.6 cm³/mol. The smallest absolute Gasteiger partial charge is 0.248 e. The Morgan fingerprint density at radius 3 is 3.05 bits per heavy atom. The number of carbonyl (C=O) groups excluding carboxylic acids is 1. The van der Waals surface area contributed by atoms with Gasteiger partial charge in [0.25, 0.3) is 0 Å². The molecule has 1 aromatic rings. The quantitative estimate of drug-likeness (QED) is 0.804. The molecule has 1 heterocycles. The maximum absolute atomic E-state index is 13.2. The molecule has 0 radical (unpaired) electrons. The molecular formula is C15H19FN2O3. The summed E-state index contributed by atoms with van der Waals surface area (Å²) in [5.41, 5.74) is 1.42. The van der Waals surface area contributed by atoms with Gasteiger partial charge < -0.3 is 14.5 Å². The summed E-state index contributed by atoms with van der Waals surface area (Å²) in [6.45, 7) is 2.98. The highest BCUT2D eigenvalue weighted by molar-refractivity contribution is 6.01. The molecule has 0 unspecified atom stereocenters. The van der Waals surface area contributed by atoms with Crippen LogP contribution in [0.15, 0.2) is 29.4 Å². The number of hydrogen-bond acceptors (Lipinski definition) is 4. The third kappa shape index (κ3) is 4.01. The lowest BCUT2D eigenvalue weighted by Crippen LogP contribution is -2.39. The molecule has 0 bridgehead atoms. The maximum atomic E-state index is 13.2. The molecule has 2 rings (SSSR count). The Morgan fingerprint density at radius 1 is 1.57 bits per heavy atom. The van der Waals surface area contributed by atoms with Gasteiger partial charge in [-0.1, -0.05) is 17.3 Å². The van der Waals surface area contributed by atoms with E-state index >= 15 is 0 Å². The van der Waals surface area contributed by atoms with Gasteiger partial charge in [-0.25, -0.2) is 4.39 Å². The fourth-order valence-corrected chi connectivity index (χ4v) is 2.23. The second kappa shape index (κ2) is 7.17. The van der Waals surface area contributed by atoms with E-state index in [4.69, 9.17) is 9.57 Å². The highest BCUT2D eigenvalue weighted by Gasteiger charge is 2.26. The standard InChI is InChI=1S/C15H19FN2O3/c1-3-18(15(19)10-20-2)9-13-8-14(17-21-13)11-5-4-6-12(16)7-11/h4-7,13H,3,8-10H2,1-2H3/t13-/m0/s1. The van der Waals surface area contributed by atoms with Gasteiger partial charge in [-0.15, -0.1) is 0 Å². The molecule has 1 aromatic carbocycles. The van der Waals surface area contributed by atoms with Crippen LogP contribution in [0.25, 0.3) is 0 Å². The van der Waals surface area contributed by atoms with E-state index in [-0.39, 0.29) is 24.4 Å². The minimum atomic E-state index is -0.302. The molecule has 6 heteroatoms. The molecule has 0 spiro atoms. The van der Waals surface area contributed by atoms with Crippen molar-refractivity contribution in [1.82, 2.24) is 4.90 Å². The number of halogens is 1. The van der Waals surface area contributed by atoms with Crippen LogP contribution in [0.3, 0.4) is 0 Å². The number of nitrogens with zero attached hydrogens (tertiary/aromatic N) is 2. The molecule has 1 aliphatic rings. The summed E-state index contributed by atoms with van der Waals surface area (Å²) < 4.78 is 18.1. The molecule has 0 aliphatic carbocycles. The third-order valence-corrected chi connectivity index (χ3v) is 3.32. The van der Waals surface area contributed by atoms with Gasteiger partial charge in [0.2, 0.25) is 5.91 Å². The summed E-state index contributed by atoms with van der Waals surface area (Å²) in [6.07, 6.45) is 0.351. The van der Waals surface area contributed by atoms with Gasteiger partial charge in [0.15, 0.2) is 6.10 Å². The van der Waals surface area contributed by atoms with Crippen molar-refractivity contribution >= 4 is 11.6 Å². The highest BCUT2D eigenvalue weighted by atomic mass is 19.1. The molecule has 114 valence electrons. The number of hydrogen-bond donors (Lipinski definition) is 0. The Hall–Kier alpha value is -1.95. The minimum Gasteiger partial charge on any atom is -0.390 e. The molecule has 0 saturated carbocycles. The second-order valence-corrected chi connectivity index (χ2v) is 4.85. The fourth-order valence-electron chi connectivity index (χ4n) is 2.23. The first kappa shape index (κ1) is 15.4. The monoisotopic (exact) mass is 294 g/mol. The average molecular weight is 294 g/mol. The number of rotatable bonds is 6. The van der Waals surface area contributed by atoms with Gasteiger partial charge in [-0.05, 0) is 19.1 Å². The molecule has 1 aliphatic heterocycles. The number of carbonyl (C=O) groups is 1. The number of methoxy groups -OCH3 is 1. The zero-order valence-corrected chi connectivity index (χ0v) is 12.2. The van der Waals surface area contributed by atoms with Crippen molar-refractivity contribution < 1.29 is 18.8 Å². The molecule has 0 N–H and O–H groups in total. The molecule has 21 heavy (non-hydrogen) atoms. The summed E-state index contributed by atoms with van der Waals surface area (Å²) in [5.74, 6) is -0.382. The Kier molecular flexibility index (Phi) is 5.27. The van der Waals surface area contributed by atoms with Crippen LogP contribution < -0.4 is 0 Å². The number of amides is 1. The van der Waals surface area contributed by atoms with Crippen LogP contribution in [-0.4, -0.2) is 49.4 Å². The zero-order valence-electron chi connectivity index (χ0n) is 12.2. The van der Waals surface area contributed by atoms with Crippen LogP contribution in [0.5, 0.6) is 0 Å². The van der Waals surface area contributed by atoms with E-state index < -0.39 is 0 Å². The molecule has 0 aromatic heterocycles. The van der Waals surface area contributed by atoms with Gasteiger partial charge >= 0.3 is 0 Å². The number of likely N-dealkylation sites (N-methyl/N-ethyl adjacent to an activating group) is 1. The molecule has 1 atom stereocenters. The van der Waals surface area contributed by atoms with Gasteiger partial charge in [0.1, 0.15) is 12.4 Å². The van der Waals surface area contributed by atoms with Crippen LogP contribution in [0.2, 0.25) is 0 Å². The second-order valence-electron chi connectivity index (χ2n) is 4.85. The first-order valence-corrected chi connectivity index (χ1v) is 6.89. The van der Waals surface area contributed by atoms with Crippen molar-refractivity contribution in [3.8, 4) is 0 Å². The Balaban J connectivity index is 1.93. The predicted octanol–water partition coefficient (Wildman–Crippen LogP) is 1.81. The van der Waals surface area contributed by atoms with Crippen LogP contribution in [0.4, 0.5) is 4.39 Å². The fraction of sp³-hybridized carbons (Fsp3) is 0.467. The van der Waals surface area contributed by atoms with Crippen LogP contribution >= 0.6 is 0 Å². The van der Waals surface area contributed by atoms with Crippen LogP contribution in [0, 0.1) is 5.82 Å². The van der Waals surface area contributed by atoms with Crippen molar-refractivity contribution in [2.24, 2.45) is 5.16 Å². The van der Waals surface area contributed by atoms with Gasteiger partial charge in [-0.3, -0.25) is 4.79 Å². The topological polar surface area (TPSA) is 51.1 Å². The lowest BCUT2D eigenvalue weighted by Gasteiger charge is -2.22. The molecule has 0 fully saturated rings. The van der Waals surface area contributed by atoms with E-state index in [1.165, 1.54) is 19.2 Å². The molecule has 1 amide bonds. The van der Waals surface area contributed by atoms with E-state index in [0.717, 1.165) is 0 Å². The summed E-state index contributed by atoms with van der Waals surface area (Å²) >= 11 is 0.